The number of benzene rings is 1. The number of carbonyl (C=O) groups excluding carboxylic acids is 1. The first-order valence-electron chi connectivity index (χ1n) is 6.07. The second kappa shape index (κ2) is 8.11. The van der Waals surface area contributed by atoms with Crippen LogP contribution in [0.1, 0.15) is 31.7 Å². The van der Waals surface area contributed by atoms with Crippen molar-refractivity contribution < 1.29 is 4.79 Å². The van der Waals surface area contributed by atoms with Gasteiger partial charge in [-0.2, -0.15) is 0 Å². The molecule has 1 rings (SSSR count). The Balaban J connectivity index is 0.00000289. The fourth-order valence-corrected chi connectivity index (χ4v) is 1.64. The highest BCUT2D eigenvalue weighted by atomic mass is 35.5. The van der Waals surface area contributed by atoms with Crippen LogP contribution in [0.2, 0.25) is 0 Å². The fraction of sp³-hybridized carbons (Fsp3) is 0.500. The molecule has 0 saturated heterocycles. The molecule has 102 valence electrons. The van der Waals surface area contributed by atoms with Gasteiger partial charge in [0.25, 0.3) is 0 Å². The Kier molecular flexibility index (Phi) is 7.64. The standard InChI is InChI=1S/C14H22N2O.ClH/c1-11(2)12-6-5-7-13(10-12)16(4)14(17)8-9-15-3;/h5-7,10-11,15H,8-9H2,1-4H3;1H. The zero-order valence-electron chi connectivity index (χ0n) is 11.6. The van der Waals surface area contributed by atoms with Crippen LogP contribution in [0.5, 0.6) is 0 Å². The van der Waals surface area contributed by atoms with Gasteiger partial charge in [0.15, 0.2) is 0 Å². The van der Waals surface area contributed by atoms with E-state index >= 15 is 0 Å². The monoisotopic (exact) mass is 270 g/mol. The van der Waals surface area contributed by atoms with Crippen LogP contribution in [-0.4, -0.2) is 26.5 Å². The lowest BCUT2D eigenvalue weighted by Gasteiger charge is -2.19. The SMILES string of the molecule is CNCCC(=O)N(C)c1cccc(C(C)C)c1.Cl. The topological polar surface area (TPSA) is 32.3 Å². The minimum atomic E-state index is 0. The van der Waals surface area contributed by atoms with Gasteiger partial charge in [-0.25, -0.2) is 0 Å². The molecule has 1 aromatic rings. The Morgan fingerprint density at radius 3 is 2.61 bits per heavy atom. The van der Waals surface area contributed by atoms with E-state index in [1.54, 1.807) is 4.90 Å². The van der Waals surface area contributed by atoms with E-state index in [1.807, 2.05) is 26.2 Å². The van der Waals surface area contributed by atoms with E-state index in [1.165, 1.54) is 5.56 Å². The number of nitrogens with zero attached hydrogens (tertiary/aromatic N) is 1. The van der Waals surface area contributed by atoms with Crippen molar-refractivity contribution in [2.75, 3.05) is 25.5 Å². The number of hydrogen-bond donors (Lipinski definition) is 1. The van der Waals surface area contributed by atoms with Crippen LogP contribution >= 0.6 is 12.4 Å². The third kappa shape index (κ3) is 4.67. The predicted octanol–water partition coefficient (Wildman–Crippen LogP) is 2.80. The molecule has 0 bridgehead atoms. The average Bonchev–Trinajstić information content (AvgIpc) is 2.35. The highest BCUT2D eigenvalue weighted by Crippen LogP contribution is 2.21. The van der Waals surface area contributed by atoms with Crippen LogP contribution in [0.15, 0.2) is 24.3 Å². The van der Waals surface area contributed by atoms with Crippen LogP contribution in [-0.2, 0) is 4.79 Å². The average molecular weight is 271 g/mol. The highest BCUT2D eigenvalue weighted by molar-refractivity contribution is 5.92. The minimum Gasteiger partial charge on any atom is -0.319 e. The van der Waals surface area contributed by atoms with E-state index in [4.69, 9.17) is 0 Å². The zero-order valence-corrected chi connectivity index (χ0v) is 12.4. The summed E-state index contributed by atoms with van der Waals surface area (Å²) in [6.07, 6.45) is 0.527. The summed E-state index contributed by atoms with van der Waals surface area (Å²) in [7, 11) is 3.68. The molecule has 0 fully saturated rings. The molecule has 4 heteroatoms. The van der Waals surface area contributed by atoms with Crippen LogP contribution in [0.4, 0.5) is 5.69 Å². The molecule has 0 saturated carbocycles. The lowest BCUT2D eigenvalue weighted by Crippen LogP contribution is -2.28. The van der Waals surface area contributed by atoms with E-state index < -0.39 is 0 Å². The first kappa shape index (κ1) is 16.9. The van der Waals surface area contributed by atoms with Gasteiger partial charge in [-0.3, -0.25) is 4.79 Å². The van der Waals surface area contributed by atoms with E-state index in [2.05, 4.69) is 31.3 Å². The van der Waals surface area contributed by atoms with Crippen molar-refractivity contribution in [2.24, 2.45) is 0 Å². The number of carbonyl (C=O) groups is 1. The quantitative estimate of drug-likeness (QED) is 0.892. The van der Waals surface area contributed by atoms with Gasteiger partial charge in [0.05, 0.1) is 0 Å². The van der Waals surface area contributed by atoms with Gasteiger partial charge in [0.1, 0.15) is 0 Å². The van der Waals surface area contributed by atoms with Crippen molar-refractivity contribution >= 4 is 24.0 Å². The molecular weight excluding hydrogens is 248 g/mol. The molecule has 0 atom stereocenters. The largest absolute Gasteiger partial charge is 0.319 e. The summed E-state index contributed by atoms with van der Waals surface area (Å²) >= 11 is 0. The highest BCUT2D eigenvalue weighted by Gasteiger charge is 2.11. The third-order valence-corrected chi connectivity index (χ3v) is 2.89. The third-order valence-electron chi connectivity index (χ3n) is 2.89. The molecule has 3 nitrogen and oxygen atoms in total. The van der Waals surface area contributed by atoms with Crippen molar-refractivity contribution in [2.45, 2.75) is 26.2 Å². The second-order valence-corrected chi connectivity index (χ2v) is 4.56. The van der Waals surface area contributed by atoms with Gasteiger partial charge >= 0.3 is 0 Å². The molecule has 0 heterocycles. The van der Waals surface area contributed by atoms with Gasteiger partial charge < -0.3 is 10.2 Å². The predicted molar refractivity (Wildman–Crippen MR) is 79.7 cm³/mol. The number of nitrogens with one attached hydrogen (secondary N) is 1. The Hall–Kier alpha value is -1.06. The molecule has 1 amide bonds. The molecule has 0 unspecified atom stereocenters. The number of amides is 1. The summed E-state index contributed by atoms with van der Waals surface area (Å²) in [4.78, 5) is 13.6. The lowest BCUT2D eigenvalue weighted by molar-refractivity contribution is -0.118. The molecule has 18 heavy (non-hydrogen) atoms. The normalized spacial score (nSPS) is 10.1. The van der Waals surface area contributed by atoms with Crippen molar-refractivity contribution in [1.82, 2.24) is 5.32 Å². The van der Waals surface area contributed by atoms with Crippen molar-refractivity contribution in [3.63, 3.8) is 0 Å². The molecule has 1 aromatic carbocycles. The zero-order chi connectivity index (χ0) is 12.8. The molecular formula is C14H23ClN2O. The lowest BCUT2D eigenvalue weighted by atomic mass is 10.0. The smallest absolute Gasteiger partial charge is 0.227 e. The number of hydrogen-bond acceptors (Lipinski definition) is 2. The first-order chi connectivity index (χ1) is 8.06. The summed E-state index contributed by atoms with van der Waals surface area (Å²) in [5.74, 6) is 0.621. The van der Waals surface area contributed by atoms with Crippen LogP contribution in [0.25, 0.3) is 0 Å². The second-order valence-electron chi connectivity index (χ2n) is 4.56. The maximum atomic E-state index is 11.9. The van der Waals surface area contributed by atoms with Gasteiger partial charge in [0, 0.05) is 25.7 Å². The Morgan fingerprint density at radius 1 is 1.39 bits per heavy atom. The summed E-state index contributed by atoms with van der Waals surface area (Å²) in [5, 5.41) is 2.99. The van der Waals surface area contributed by atoms with Crippen LogP contribution < -0.4 is 10.2 Å². The molecule has 0 aliphatic rings. The van der Waals surface area contributed by atoms with Gasteiger partial charge in [0.2, 0.25) is 5.91 Å². The maximum absolute atomic E-state index is 11.9. The Labute approximate surface area is 116 Å². The first-order valence-corrected chi connectivity index (χ1v) is 6.07. The Morgan fingerprint density at radius 2 is 2.06 bits per heavy atom. The molecule has 0 aliphatic heterocycles. The Bertz CT molecular complexity index is 380. The summed E-state index contributed by atoms with van der Waals surface area (Å²) in [5.41, 5.74) is 2.23. The fourth-order valence-electron chi connectivity index (χ4n) is 1.64. The molecule has 0 spiro atoms. The van der Waals surface area contributed by atoms with Gasteiger partial charge in [-0.05, 0) is 30.7 Å². The van der Waals surface area contributed by atoms with E-state index in [-0.39, 0.29) is 18.3 Å². The summed E-state index contributed by atoms with van der Waals surface area (Å²) < 4.78 is 0. The number of halogens is 1. The van der Waals surface area contributed by atoms with Crippen molar-refractivity contribution in [1.29, 1.82) is 0 Å². The molecule has 1 N–H and O–H groups in total. The van der Waals surface area contributed by atoms with Gasteiger partial charge in [-0.1, -0.05) is 26.0 Å². The van der Waals surface area contributed by atoms with Crippen molar-refractivity contribution in [3.05, 3.63) is 29.8 Å². The van der Waals surface area contributed by atoms with Crippen molar-refractivity contribution in [3.8, 4) is 0 Å². The minimum absolute atomic E-state index is 0. The summed E-state index contributed by atoms with van der Waals surface area (Å²) in [6.45, 7) is 5.02. The molecule has 0 aromatic heterocycles. The van der Waals surface area contributed by atoms with E-state index in [9.17, 15) is 4.79 Å². The maximum Gasteiger partial charge on any atom is 0.227 e. The molecule has 0 radical (unpaired) electrons. The summed E-state index contributed by atoms with van der Waals surface area (Å²) in [6, 6.07) is 8.16. The van der Waals surface area contributed by atoms with Crippen LogP contribution in [0, 0.1) is 0 Å². The number of rotatable bonds is 5. The van der Waals surface area contributed by atoms with E-state index in [0.29, 0.717) is 18.9 Å². The van der Waals surface area contributed by atoms with Crippen LogP contribution in [0.3, 0.4) is 0 Å². The molecule has 0 aliphatic carbocycles. The number of anilines is 1. The van der Waals surface area contributed by atoms with Gasteiger partial charge in [-0.15, -0.1) is 12.4 Å². The van der Waals surface area contributed by atoms with E-state index in [0.717, 1.165) is 5.69 Å².